The summed E-state index contributed by atoms with van der Waals surface area (Å²) in [5, 5.41) is 8.56. The predicted octanol–water partition coefficient (Wildman–Crippen LogP) is 0.724. The van der Waals surface area contributed by atoms with Gasteiger partial charge in [-0.1, -0.05) is 6.58 Å². The summed E-state index contributed by atoms with van der Waals surface area (Å²) in [7, 11) is 0. The third-order valence-electron chi connectivity index (χ3n) is 1.67. The van der Waals surface area contributed by atoms with Crippen LogP contribution in [-0.2, 0) is 23.9 Å². The molecule has 0 saturated heterocycles. The van der Waals surface area contributed by atoms with Gasteiger partial charge in [0.15, 0.2) is 5.78 Å². The van der Waals surface area contributed by atoms with Gasteiger partial charge in [-0.2, -0.15) is 5.26 Å². The van der Waals surface area contributed by atoms with Crippen molar-refractivity contribution >= 4 is 17.7 Å². The van der Waals surface area contributed by atoms with Crippen LogP contribution in [0.15, 0.2) is 12.2 Å². The zero-order valence-electron chi connectivity index (χ0n) is 9.85. The second-order valence-electron chi connectivity index (χ2n) is 3.36. The van der Waals surface area contributed by atoms with Crippen molar-refractivity contribution < 1.29 is 23.9 Å². The number of carbonyl (C=O) groups is 3. The van der Waals surface area contributed by atoms with Gasteiger partial charge in [-0.25, -0.2) is 4.79 Å². The lowest BCUT2D eigenvalue weighted by atomic mass is 10.1. The summed E-state index contributed by atoms with van der Waals surface area (Å²) in [6.07, 6.45) is -1.18. The quantitative estimate of drug-likeness (QED) is 0.304. The Morgan fingerprint density at radius 1 is 1.24 bits per heavy atom. The standard InChI is InChI=1S/C11H13NO5/c1-6(2)10(14)16-8(4)17-11(15)9(5-12)7(3)13/h8-9H,1H2,2-4H3. The lowest BCUT2D eigenvalue weighted by molar-refractivity contribution is -0.183. The molecule has 0 bridgehead atoms. The molecule has 0 rings (SSSR count). The van der Waals surface area contributed by atoms with Gasteiger partial charge >= 0.3 is 11.9 Å². The molecule has 2 unspecified atom stereocenters. The van der Waals surface area contributed by atoms with E-state index in [1.165, 1.54) is 19.9 Å². The molecule has 6 nitrogen and oxygen atoms in total. The highest BCUT2D eigenvalue weighted by atomic mass is 16.7. The Kier molecular flexibility index (Phi) is 5.61. The van der Waals surface area contributed by atoms with Gasteiger partial charge in [0.05, 0.1) is 6.07 Å². The molecule has 0 amide bonds. The van der Waals surface area contributed by atoms with E-state index in [1.807, 2.05) is 0 Å². The molecule has 0 fully saturated rings. The lowest BCUT2D eigenvalue weighted by Gasteiger charge is -2.14. The second kappa shape index (κ2) is 6.43. The summed E-state index contributed by atoms with van der Waals surface area (Å²) in [4.78, 5) is 33.2. The van der Waals surface area contributed by atoms with Crippen molar-refractivity contribution in [1.82, 2.24) is 0 Å². The van der Waals surface area contributed by atoms with Crippen LogP contribution in [0.3, 0.4) is 0 Å². The Labute approximate surface area is 98.8 Å². The topological polar surface area (TPSA) is 93.5 Å². The van der Waals surface area contributed by atoms with Crippen LogP contribution in [0, 0.1) is 17.2 Å². The third kappa shape index (κ3) is 4.93. The first kappa shape index (κ1) is 14.8. The Morgan fingerprint density at radius 2 is 1.76 bits per heavy atom. The number of rotatable bonds is 5. The van der Waals surface area contributed by atoms with E-state index >= 15 is 0 Å². The number of hydrogen-bond donors (Lipinski definition) is 0. The van der Waals surface area contributed by atoms with Crippen LogP contribution in [0.4, 0.5) is 0 Å². The number of carbonyl (C=O) groups excluding carboxylic acids is 3. The van der Waals surface area contributed by atoms with Crippen LogP contribution >= 0.6 is 0 Å². The van der Waals surface area contributed by atoms with E-state index in [-0.39, 0.29) is 5.57 Å². The van der Waals surface area contributed by atoms with Gasteiger partial charge in [0.1, 0.15) is 0 Å². The Bertz CT molecular complexity index is 393. The van der Waals surface area contributed by atoms with Gasteiger partial charge in [0, 0.05) is 12.5 Å². The number of Topliss-reactive ketones (excluding diaryl/α,β-unsaturated/α-hetero) is 1. The molecule has 0 saturated carbocycles. The average Bonchev–Trinajstić information content (AvgIpc) is 2.16. The van der Waals surface area contributed by atoms with Crippen LogP contribution in [-0.4, -0.2) is 24.0 Å². The number of nitrogens with zero attached hydrogens (tertiary/aromatic N) is 1. The van der Waals surface area contributed by atoms with Crippen molar-refractivity contribution in [2.45, 2.75) is 27.1 Å². The number of esters is 2. The van der Waals surface area contributed by atoms with E-state index in [2.05, 4.69) is 16.1 Å². The molecule has 0 N–H and O–H groups in total. The zero-order chi connectivity index (χ0) is 13.6. The number of hydrogen-bond acceptors (Lipinski definition) is 6. The summed E-state index contributed by atoms with van der Waals surface area (Å²) < 4.78 is 9.27. The lowest BCUT2D eigenvalue weighted by Crippen LogP contribution is -2.29. The van der Waals surface area contributed by atoms with Crippen molar-refractivity contribution in [3.8, 4) is 6.07 Å². The van der Waals surface area contributed by atoms with Gasteiger partial charge in [0.2, 0.25) is 12.2 Å². The normalized spacial score (nSPS) is 12.8. The second-order valence-corrected chi connectivity index (χ2v) is 3.36. The molecule has 0 aliphatic carbocycles. The Morgan fingerprint density at radius 3 is 2.12 bits per heavy atom. The molecule has 0 aromatic carbocycles. The number of nitriles is 1. The van der Waals surface area contributed by atoms with Crippen molar-refractivity contribution in [3.63, 3.8) is 0 Å². The van der Waals surface area contributed by atoms with Crippen LogP contribution in [0.1, 0.15) is 20.8 Å². The van der Waals surface area contributed by atoms with Crippen molar-refractivity contribution in [1.29, 1.82) is 5.26 Å². The molecule has 0 aliphatic rings. The van der Waals surface area contributed by atoms with Crippen molar-refractivity contribution in [3.05, 3.63) is 12.2 Å². The minimum absolute atomic E-state index is 0.149. The van der Waals surface area contributed by atoms with Crippen LogP contribution in [0.25, 0.3) is 0 Å². The molecule has 17 heavy (non-hydrogen) atoms. The Hall–Kier alpha value is -2.16. The summed E-state index contributed by atoms with van der Waals surface area (Å²) in [6.45, 7) is 7.18. The van der Waals surface area contributed by atoms with Gasteiger partial charge in [-0.05, 0) is 13.8 Å². The molecule has 0 aliphatic heterocycles. The third-order valence-corrected chi connectivity index (χ3v) is 1.67. The highest BCUT2D eigenvalue weighted by Crippen LogP contribution is 2.06. The minimum atomic E-state index is -1.50. The van der Waals surface area contributed by atoms with Gasteiger partial charge in [-0.15, -0.1) is 0 Å². The van der Waals surface area contributed by atoms with Gasteiger partial charge < -0.3 is 9.47 Å². The molecular formula is C11H13NO5. The first-order valence-electron chi connectivity index (χ1n) is 4.76. The number of ether oxygens (including phenoxy) is 2. The van der Waals surface area contributed by atoms with Crippen LogP contribution in [0.2, 0.25) is 0 Å². The van der Waals surface area contributed by atoms with Crippen LogP contribution in [0.5, 0.6) is 0 Å². The van der Waals surface area contributed by atoms with Gasteiger partial charge in [-0.3, -0.25) is 9.59 Å². The highest BCUT2D eigenvalue weighted by molar-refractivity contribution is 6.00. The average molecular weight is 239 g/mol. The zero-order valence-corrected chi connectivity index (χ0v) is 9.85. The van der Waals surface area contributed by atoms with E-state index in [4.69, 9.17) is 5.26 Å². The monoisotopic (exact) mass is 239 g/mol. The molecular weight excluding hydrogens is 226 g/mol. The maximum atomic E-state index is 11.3. The summed E-state index contributed by atoms with van der Waals surface area (Å²) >= 11 is 0. The maximum Gasteiger partial charge on any atom is 0.336 e. The Balaban J connectivity index is 4.40. The molecule has 0 radical (unpaired) electrons. The molecule has 2 atom stereocenters. The fourth-order valence-corrected chi connectivity index (χ4v) is 0.817. The summed E-state index contributed by atoms with van der Waals surface area (Å²) in [5.41, 5.74) is 0.149. The molecule has 0 spiro atoms. The van der Waals surface area contributed by atoms with E-state index in [0.717, 1.165) is 6.92 Å². The van der Waals surface area contributed by atoms with Crippen LogP contribution < -0.4 is 0 Å². The van der Waals surface area contributed by atoms with Crippen molar-refractivity contribution in [2.75, 3.05) is 0 Å². The molecule has 0 aromatic rings. The molecule has 6 heteroatoms. The first-order valence-corrected chi connectivity index (χ1v) is 4.76. The van der Waals surface area contributed by atoms with Gasteiger partial charge in [0.25, 0.3) is 0 Å². The molecule has 0 aromatic heterocycles. The van der Waals surface area contributed by atoms with E-state index in [1.54, 1.807) is 0 Å². The van der Waals surface area contributed by atoms with Crippen molar-refractivity contribution in [2.24, 2.45) is 5.92 Å². The van der Waals surface area contributed by atoms with E-state index < -0.39 is 29.9 Å². The molecule has 92 valence electrons. The fraction of sp³-hybridized carbons (Fsp3) is 0.455. The minimum Gasteiger partial charge on any atom is -0.424 e. The van der Waals surface area contributed by atoms with E-state index in [0.29, 0.717) is 0 Å². The smallest absolute Gasteiger partial charge is 0.336 e. The summed E-state index contributed by atoms with van der Waals surface area (Å²) in [6, 6.07) is 1.50. The SMILES string of the molecule is C=C(C)C(=O)OC(C)OC(=O)C(C#N)C(C)=O. The fourth-order valence-electron chi connectivity index (χ4n) is 0.817. The molecule has 0 heterocycles. The highest BCUT2D eigenvalue weighted by Gasteiger charge is 2.27. The first-order chi connectivity index (χ1) is 7.79. The number of ketones is 1. The largest absolute Gasteiger partial charge is 0.424 e. The maximum absolute atomic E-state index is 11.3. The summed E-state index contributed by atoms with van der Waals surface area (Å²) in [5.74, 6) is -3.89. The predicted molar refractivity (Wildman–Crippen MR) is 56.2 cm³/mol. The van der Waals surface area contributed by atoms with E-state index in [9.17, 15) is 14.4 Å².